The Bertz CT molecular complexity index is 473. The molecule has 20 heavy (non-hydrogen) atoms. The summed E-state index contributed by atoms with van der Waals surface area (Å²) in [5.74, 6) is 0.799. The number of hydrogen-bond acceptors (Lipinski definition) is 4. The second-order valence-electron chi connectivity index (χ2n) is 4.49. The monoisotopic (exact) mass is 293 g/mol. The summed E-state index contributed by atoms with van der Waals surface area (Å²) in [6.07, 6.45) is 4.17. The summed E-state index contributed by atoms with van der Waals surface area (Å²) in [6.45, 7) is 1.57. The van der Waals surface area contributed by atoms with E-state index in [4.69, 9.17) is 21.7 Å². The molecule has 1 saturated heterocycles. The van der Waals surface area contributed by atoms with Crippen molar-refractivity contribution in [3.05, 3.63) is 29.8 Å². The van der Waals surface area contributed by atoms with Crippen LogP contribution in [0, 0.1) is 0 Å². The van der Waals surface area contributed by atoms with Crippen LogP contribution in [0.3, 0.4) is 0 Å². The van der Waals surface area contributed by atoms with Crippen molar-refractivity contribution in [1.29, 1.82) is 0 Å². The molecule has 0 saturated carbocycles. The van der Waals surface area contributed by atoms with E-state index in [1.165, 1.54) is 0 Å². The van der Waals surface area contributed by atoms with Gasteiger partial charge in [-0.25, -0.2) is 0 Å². The Kier molecular flexibility index (Phi) is 5.76. The van der Waals surface area contributed by atoms with E-state index in [1.54, 1.807) is 13.3 Å². The number of rotatable bonds is 5. The molecule has 0 spiro atoms. The highest BCUT2D eigenvalue weighted by Gasteiger charge is 2.14. The molecule has 0 aromatic heterocycles. The van der Waals surface area contributed by atoms with Crippen LogP contribution in [0.1, 0.15) is 18.4 Å². The van der Waals surface area contributed by atoms with E-state index < -0.39 is 0 Å². The first kappa shape index (κ1) is 14.7. The Balaban J connectivity index is 1.72. The van der Waals surface area contributed by atoms with Gasteiger partial charge >= 0.3 is 0 Å². The lowest BCUT2D eigenvalue weighted by molar-refractivity contribution is 0.114. The molecule has 0 unspecified atom stereocenters. The van der Waals surface area contributed by atoms with Crippen LogP contribution in [-0.4, -0.2) is 37.7 Å². The lowest BCUT2D eigenvalue weighted by Crippen LogP contribution is -2.37. The smallest absolute Gasteiger partial charge is 0.187 e. The number of nitrogens with zero attached hydrogens (tertiary/aromatic N) is 1. The van der Waals surface area contributed by atoms with Crippen molar-refractivity contribution < 1.29 is 9.47 Å². The van der Waals surface area contributed by atoms with Gasteiger partial charge in [0.15, 0.2) is 5.11 Å². The minimum Gasteiger partial charge on any atom is -0.497 e. The first-order valence-corrected chi connectivity index (χ1v) is 7.01. The molecule has 1 aliphatic rings. The van der Waals surface area contributed by atoms with Gasteiger partial charge in [-0.15, -0.1) is 0 Å². The summed E-state index contributed by atoms with van der Waals surface area (Å²) in [7, 11) is 1.64. The summed E-state index contributed by atoms with van der Waals surface area (Å²) in [4.78, 5) is 0. The highest BCUT2D eigenvalue weighted by Crippen LogP contribution is 2.11. The standard InChI is InChI=1S/C14H19N3O2S/c1-18-12-5-2-4-11(8-12)9-16-17-14(20)15-10-13-6-3-7-19-13/h2,4-5,8-9,13H,3,6-7,10H2,1H3,(H2,15,17,20)/b16-9-/t13-/m1/s1. The van der Waals surface area contributed by atoms with E-state index in [1.807, 2.05) is 24.3 Å². The Hall–Kier alpha value is -1.66. The normalized spacial score (nSPS) is 18.1. The second kappa shape index (κ2) is 7.81. The largest absolute Gasteiger partial charge is 0.497 e. The van der Waals surface area contributed by atoms with Crippen molar-refractivity contribution in [2.24, 2.45) is 5.10 Å². The zero-order chi connectivity index (χ0) is 14.2. The zero-order valence-corrected chi connectivity index (χ0v) is 12.3. The van der Waals surface area contributed by atoms with Crippen molar-refractivity contribution in [3.63, 3.8) is 0 Å². The first-order chi connectivity index (χ1) is 9.78. The van der Waals surface area contributed by atoms with Gasteiger partial charge in [0.1, 0.15) is 5.75 Å². The van der Waals surface area contributed by atoms with Gasteiger partial charge in [-0.2, -0.15) is 5.10 Å². The minimum absolute atomic E-state index is 0.261. The third kappa shape index (κ3) is 4.79. The van der Waals surface area contributed by atoms with E-state index in [0.717, 1.165) is 37.3 Å². The van der Waals surface area contributed by atoms with Crippen LogP contribution in [0.25, 0.3) is 0 Å². The van der Waals surface area contributed by atoms with Gasteiger partial charge in [-0.3, -0.25) is 5.43 Å². The molecular formula is C14H19N3O2S. The van der Waals surface area contributed by atoms with Crippen LogP contribution in [-0.2, 0) is 4.74 Å². The zero-order valence-electron chi connectivity index (χ0n) is 11.5. The van der Waals surface area contributed by atoms with Gasteiger partial charge in [-0.05, 0) is 42.8 Å². The lowest BCUT2D eigenvalue weighted by Gasteiger charge is -2.11. The van der Waals surface area contributed by atoms with Gasteiger partial charge < -0.3 is 14.8 Å². The van der Waals surface area contributed by atoms with Gasteiger partial charge in [-0.1, -0.05) is 12.1 Å². The fourth-order valence-electron chi connectivity index (χ4n) is 1.94. The Morgan fingerprint density at radius 3 is 3.25 bits per heavy atom. The molecule has 108 valence electrons. The SMILES string of the molecule is COc1cccc(/C=N\NC(=S)NC[C@H]2CCCO2)c1. The van der Waals surface area contributed by atoms with Crippen molar-refractivity contribution >= 4 is 23.5 Å². The lowest BCUT2D eigenvalue weighted by atomic mass is 10.2. The highest BCUT2D eigenvalue weighted by molar-refractivity contribution is 7.80. The first-order valence-electron chi connectivity index (χ1n) is 6.60. The molecule has 0 aliphatic carbocycles. The van der Waals surface area contributed by atoms with Gasteiger partial charge in [0.2, 0.25) is 0 Å². The average molecular weight is 293 g/mol. The molecule has 1 atom stereocenters. The molecule has 1 fully saturated rings. The van der Waals surface area contributed by atoms with E-state index in [-0.39, 0.29) is 6.10 Å². The number of ether oxygens (including phenoxy) is 2. The third-order valence-corrected chi connectivity index (χ3v) is 3.22. The van der Waals surface area contributed by atoms with Crippen LogP contribution in [0.5, 0.6) is 5.75 Å². The van der Waals surface area contributed by atoms with E-state index >= 15 is 0 Å². The predicted molar refractivity (Wildman–Crippen MR) is 83.3 cm³/mol. The molecule has 2 rings (SSSR count). The summed E-state index contributed by atoms with van der Waals surface area (Å²) < 4.78 is 10.6. The maximum absolute atomic E-state index is 5.50. The summed E-state index contributed by atoms with van der Waals surface area (Å²) >= 11 is 5.14. The van der Waals surface area contributed by atoms with Crippen LogP contribution < -0.4 is 15.5 Å². The van der Waals surface area contributed by atoms with Gasteiger partial charge in [0, 0.05) is 13.2 Å². The van der Waals surface area contributed by atoms with Gasteiger partial charge in [0.05, 0.1) is 19.4 Å². The fourth-order valence-corrected chi connectivity index (χ4v) is 2.07. The van der Waals surface area contributed by atoms with Crippen LogP contribution >= 0.6 is 12.2 Å². The molecule has 1 aliphatic heterocycles. The predicted octanol–water partition coefficient (Wildman–Crippen LogP) is 1.67. The Morgan fingerprint density at radius 1 is 1.60 bits per heavy atom. The third-order valence-electron chi connectivity index (χ3n) is 2.99. The number of benzene rings is 1. The van der Waals surface area contributed by atoms with Crippen molar-refractivity contribution in [1.82, 2.24) is 10.7 Å². The number of hydrazone groups is 1. The topological polar surface area (TPSA) is 54.9 Å². The Labute approximate surface area is 124 Å². The number of nitrogens with one attached hydrogen (secondary N) is 2. The van der Waals surface area contributed by atoms with Crippen molar-refractivity contribution in [2.75, 3.05) is 20.3 Å². The van der Waals surface area contributed by atoms with Crippen LogP contribution in [0.15, 0.2) is 29.4 Å². The van der Waals surface area contributed by atoms with E-state index in [9.17, 15) is 0 Å². The number of thiocarbonyl (C=S) groups is 1. The molecule has 1 aromatic rings. The van der Waals surface area contributed by atoms with E-state index in [0.29, 0.717) is 5.11 Å². The van der Waals surface area contributed by atoms with Crippen molar-refractivity contribution in [2.45, 2.75) is 18.9 Å². The molecule has 0 amide bonds. The summed E-state index contributed by atoms with van der Waals surface area (Å²) in [5, 5.41) is 7.68. The average Bonchev–Trinajstić information content (AvgIpc) is 2.99. The molecule has 0 bridgehead atoms. The Morgan fingerprint density at radius 2 is 2.50 bits per heavy atom. The molecular weight excluding hydrogens is 274 g/mol. The van der Waals surface area contributed by atoms with Crippen LogP contribution in [0.2, 0.25) is 0 Å². The quantitative estimate of drug-likeness (QED) is 0.491. The molecule has 1 heterocycles. The highest BCUT2D eigenvalue weighted by atomic mass is 32.1. The molecule has 1 aromatic carbocycles. The van der Waals surface area contributed by atoms with Crippen LogP contribution in [0.4, 0.5) is 0 Å². The molecule has 0 radical (unpaired) electrons. The number of methoxy groups -OCH3 is 1. The fraction of sp³-hybridized carbons (Fsp3) is 0.429. The minimum atomic E-state index is 0.261. The maximum atomic E-state index is 5.50. The van der Waals surface area contributed by atoms with E-state index in [2.05, 4.69) is 15.8 Å². The molecule has 2 N–H and O–H groups in total. The summed E-state index contributed by atoms with van der Waals surface area (Å²) in [5.41, 5.74) is 3.73. The van der Waals surface area contributed by atoms with Crippen molar-refractivity contribution in [3.8, 4) is 5.75 Å². The van der Waals surface area contributed by atoms with Gasteiger partial charge in [0.25, 0.3) is 0 Å². The number of hydrogen-bond donors (Lipinski definition) is 2. The summed E-state index contributed by atoms with van der Waals surface area (Å²) in [6, 6.07) is 7.64. The second-order valence-corrected chi connectivity index (χ2v) is 4.90. The maximum Gasteiger partial charge on any atom is 0.187 e. The molecule has 5 nitrogen and oxygen atoms in total. The molecule has 6 heteroatoms.